The topological polar surface area (TPSA) is 24.5 Å². The maximum absolute atomic E-state index is 5.59. The van der Waals surface area contributed by atoms with Gasteiger partial charge in [-0.2, -0.15) is 0 Å². The largest absolute Gasteiger partial charge is 0.496 e. The molecule has 0 aliphatic carbocycles. The molecule has 0 radical (unpaired) electrons. The zero-order chi connectivity index (χ0) is 11.1. The van der Waals surface area contributed by atoms with Gasteiger partial charge in [0.2, 0.25) is 0 Å². The second-order valence-electron chi connectivity index (χ2n) is 3.90. The molecule has 0 fully saturated rings. The summed E-state index contributed by atoms with van der Waals surface area (Å²) in [7, 11) is 2.01. The van der Waals surface area contributed by atoms with Gasteiger partial charge in [-0.3, -0.25) is 0 Å². The molecule has 0 bridgehead atoms. The third kappa shape index (κ3) is 3.84. The lowest BCUT2D eigenvalue weighted by Gasteiger charge is -2.23. The first kappa shape index (κ1) is 12.5. The molecular weight excluding hydrogens is 188 g/mol. The number of rotatable bonds is 7. The average molecular weight is 212 g/mol. The van der Waals surface area contributed by atoms with Gasteiger partial charge < -0.3 is 15.0 Å². The SMILES string of the molecule is CCN(CC)CCC(NC)C1=CCCO1. The van der Waals surface area contributed by atoms with Crippen LogP contribution in [0.2, 0.25) is 0 Å². The number of hydrogen-bond donors (Lipinski definition) is 1. The quantitative estimate of drug-likeness (QED) is 0.694. The molecule has 0 aromatic carbocycles. The van der Waals surface area contributed by atoms with Crippen LogP contribution in [0.5, 0.6) is 0 Å². The second-order valence-corrected chi connectivity index (χ2v) is 3.90. The maximum Gasteiger partial charge on any atom is 0.109 e. The highest BCUT2D eigenvalue weighted by atomic mass is 16.5. The van der Waals surface area contributed by atoms with Crippen LogP contribution >= 0.6 is 0 Å². The molecule has 0 spiro atoms. The highest BCUT2D eigenvalue weighted by Crippen LogP contribution is 2.15. The van der Waals surface area contributed by atoms with Crippen molar-refractivity contribution < 1.29 is 4.74 Å². The van der Waals surface area contributed by atoms with Crippen molar-refractivity contribution >= 4 is 0 Å². The Balaban J connectivity index is 2.33. The van der Waals surface area contributed by atoms with E-state index >= 15 is 0 Å². The van der Waals surface area contributed by atoms with Crippen LogP contribution in [0, 0.1) is 0 Å². The molecule has 1 heterocycles. The third-order valence-corrected chi connectivity index (χ3v) is 3.05. The van der Waals surface area contributed by atoms with Crippen molar-refractivity contribution in [2.75, 3.05) is 33.3 Å². The van der Waals surface area contributed by atoms with Crippen molar-refractivity contribution in [1.29, 1.82) is 0 Å². The van der Waals surface area contributed by atoms with E-state index in [9.17, 15) is 0 Å². The van der Waals surface area contributed by atoms with Crippen LogP contribution in [-0.4, -0.2) is 44.2 Å². The van der Waals surface area contributed by atoms with E-state index in [1.54, 1.807) is 0 Å². The Morgan fingerprint density at radius 1 is 1.47 bits per heavy atom. The molecule has 1 rings (SSSR count). The van der Waals surface area contributed by atoms with Crippen molar-refractivity contribution in [3.05, 3.63) is 11.8 Å². The Labute approximate surface area is 93.5 Å². The van der Waals surface area contributed by atoms with Gasteiger partial charge in [-0.15, -0.1) is 0 Å². The van der Waals surface area contributed by atoms with Crippen LogP contribution in [-0.2, 0) is 4.74 Å². The summed E-state index contributed by atoms with van der Waals surface area (Å²) in [5.74, 6) is 1.14. The predicted molar refractivity (Wildman–Crippen MR) is 63.9 cm³/mol. The summed E-state index contributed by atoms with van der Waals surface area (Å²) in [5.41, 5.74) is 0. The Bertz CT molecular complexity index is 200. The monoisotopic (exact) mass is 212 g/mol. The van der Waals surface area contributed by atoms with E-state index in [1.807, 2.05) is 7.05 Å². The summed E-state index contributed by atoms with van der Waals surface area (Å²) in [6, 6.07) is 0.396. The first-order valence-corrected chi connectivity index (χ1v) is 6.04. The van der Waals surface area contributed by atoms with Crippen molar-refractivity contribution in [3.8, 4) is 0 Å². The van der Waals surface area contributed by atoms with Gasteiger partial charge in [0, 0.05) is 13.0 Å². The van der Waals surface area contributed by atoms with Crippen LogP contribution in [0.15, 0.2) is 11.8 Å². The molecule has 3 nitrogen and oxygen atoms in total. The predicted octanol–water partition coefficient (Wildman–Crippen LogP) is 1.61. The van der Waals surface area contributed by atoms with Crippen molar-refractivity contribution in [3.63, 3.8) is 0 Å². The Kier molecular flexibility index (Phi) is 5.73. The summed E-state index contributed by atoms with van der Waals surface area (Å²) >= 11 is 0. The molecule has 1 atom stereocenters. The second kappa shape index (κ2) is 6.85. The molecule has 88 valence electrons. The van der Waals surface area contributed by atoms with E-state index in [0.29, 0.717) is 6.04 Å². The average Bonchev–Trinajstić information content (AvgIpc) is 2.78. The fourth-order valence-corrected chi connectivity index (χ4v) is 1.96. The van der Waals surface area contributed by atoms with Gasteiger partial charge in [0.1, 0.15) is 5.76 Å². The fourth-order valence-electron chi connectivity index (χ4n) is 1.96. The van der Waals surface area contributed by atoms with Gasteiger partial charge >= 0.3 is 0 Å². The minimum atomic E-state index is 0.396. The number of nitrogens with zero attached hydrogens (tertiary/aromatic N) is 1. The molecule has 0 aromatic rings. The first-order valence-electron chi connectivity index (χ1n) is 6.04. The lowest BCUT2D eigenvalue weighted by molar-refractivity contribution is 0.204. The number of ether oxygens (including phenoxy) is 1. The molecule has 1 unspecified atom stereocenters. The lowest BCUT2D eigenvalue weighted by Crippen LogP contribution is -2.33. The molecule has 1 aliphatic rings. The Hall–Kier alpha value is -0.540. The highest BCUT2D eigenvalue weighted by Gasteiger charge is 2.17. The molecule has 0 saturated carbocycles. The van der Waals surface area contributed by atoms with Crippen LogP contribution in [0.1, 0.15) is 26.7 Å². The van der Waals surface area contributed by atoms with Crippen LogP contribution in [0.3, 0.4) is 0 Å². The summed E-state index contributed by atoms with van der Waals surface area (Å²) in [5, 5.41) is 3.33. The zero-order valence-corrected chi connectivity index (χ0v) is 10.3. The van der Waals surface area contributed by atoms with Gasteiger partial charge in [0.15, 0.2) is 0 Å². The number of hydrogen-bond acceptors (Lipinski definition) is 3. The minimum absolute atomic E-state index is 0.396. The summed E-state index contributed by atoms with van der Waals surface area (Å²) in [6.45, 7) is 8.68. The van der Waals surface area contributed by atoms with Crippen molar-refractivity contribution in [1.82, 2.24) is 10.2 Å². The van der Waals surface area contributed by atoms with Gasteiger partial charge in [-0.1, -0.05) is 13.8 Å². The summed E-state index contributed by atoms with van der Waals surface area (Å²) in [4.78, 5) is 2.44. The molecule has 1 aliphatic heterocycles. The van der Waals surface area contributed by atoms with E-state index in [-0.39, 0.29) is 0 Å². The lowest BCUT2D eigenvalue weighted by atomic mass is 10.1. The summed E-state index contributed by atoms with van der Waals surface area (Å²) < 4.78 is 5.59. The van der Waals surface area contributed by atoms with Crippen LogP contribution in [0.25, 0.3) is 0 Å². The van der Waals surface area contributed by atoms with Gasteiger partial charge in [0.25, 0.3) is 0 Å². The minimum Gasteiger partial charge on any atom is -0.496 e. The molecule has 1 N–H and O–H groups in total. The number of likely N-dealkylation sites (N-methyl/N-ethyl adjacent to an activating group) is 1. The standard InChI is InChI=1S/C12H24N2O/c1-4-14(5-2)9-8-11(13-3)12-7-6-10-15-12/h7,11,13H,4-6,8-10H2,1-3H3. The number of nitrogens with one attached hydrogen (secondary N) is 1. The van der Waals surface area contributed by atoms with Crippen LogP contribution < -0.4 is 5.32 Å². The molecule has 0 amide bonds. The molecule has 3 heteroatoms. The molecule has 0 saturated heterocycles. The van der Waals surface area contributed by atoms with E-state index in [0.717, 1.165) is 44.8 Å². The fraction of sp³-hybridized carbons (Fsp3) is 0.833. The van der Waals surface area contributed by atoms with E-state index in [4.69, 9.17) is 4.74 Å². The normalized spacial score (nSPS) is 17.7. The Morgan fingerprint density at radius 3 is 2.67 bits per heavy atom. The van der Waals surface area contributed by atoms with E-state index in [2.05, 4.69) is 30.1 Å². The van der Waals surface area contributed by atoms with Gasteiger partial charge in [-0.05, 0) is 32.6 Å². The molecular formula is C12H24N2O. The Morgan fingerprint density at radius 2 is 2.20 bits per heavy atom. The van der Waals surface area contributed by atoms with Crippen molar-refractivity contribution in [2.24, 2.45) is 0 Å². The molecule has 0 aromatic heterocycles. The van der Waals surface area contributed by atoms with Crippen LogP contribution in [0.4, 0.5) is 0 Å². The third-order valence-electron chi connectivity index (χ3n) is 3.05. The highest BCUT2D eigenvalue weighted by molar-refractivity contribution is 5.06. The summed E-state index contributed by atoms with van der Waals surface area (Å²) in [6.07, 6.45) is 4.41. The van der Waals surface area contributed by atoms with Gasteiger partial charge in [0.05, 0.1) is 12.6 Å². The van der Waals surface area contributed by atoms with E-state index in [1.165, 1.54) is 0 Å². The van der Waals surface area contributed by atoms with Gasteiger partial charge in [-0.25, -0.2) is 0 Å². The van der Waals surface area contributed by atoms with Crippen molar-refractivity contribution in [2.45, 2.75) is 32.7 Å². The first-order chi connectivity index (χ1) is 7.31. The zero-order valence-electron chi connectivity index (χ0n) is 10.3. The maximum atomic E-state index is 5.59. The molecule has 15 heavy (non-hydrogen) atoms. The smallest absolute Gasteiger partial charge is 0.109 e. The van der Waals surface area contributed by atoms with E-state index < -0.39 is 0 Å².